The minimum atomic E-state index is -3.50. The summed E-state index contributed by atoms with van der Waals surface area (Å²) in [5.41, 5.74) is 0. The van der Waals surface area contributed by atoms with E-state index in [1.54, 1.807) is 6.07 Å². The summed E-state index contributed by atoms with van der Waals surface area (Å²) in [6.45, 7) is 2.55. The van der Waals surface area contributed by atoms with Crippen LogP contribution < -0.4 is 0 Å². The molecule has 126 valence electrons. The first-order valence-electron chi connectivity index (χ1n) is 7.68. The molecule has 1 aliphatic rings. The molecule has 0 N–H and O–H groups in total. The van der Waals surface area contributed by atoms with E-state index in [2.05, 4.69) is 14.5 Å². The van der Waals surface area contributed by atoms with Crippen LogP contribution in [0.1, 0.15) is 24.6 Å². The summed E-state index contributed by atoms with van der Waals surface area (Å²) in [5.74, 6) is 0.687. The molecule has 0 saturated carbocycles. The first-order valence-corrected chi connectivity index (χ1v) is 9.12. The maximum Gasteiger partial charge on any atom is 0.275 e. The van der Waals surface area contributed by atoms with Crippen molar-refractivity contribution in [1.29, 1.82) is 0 Å². The monoisotopic (exact) mass is 338 g/mol. The highest BCUT2D eigenvalue weighted by molar-refractivity contribution is 7.88. The van der Waals surface area contributed by atoms with Crippen molar-refractivity contribution in [3.8, 4) is 0 Å². The van der Waals surface area contributed by atoms with E-state index in [0.29, 0.717) is 18.3 Å². The lowest BCUT2D eigenvalue weighted by Crippen LogP contribution is -2.33. The molecule has 2 aromatic heterocycles. The van der Waals surface area contributed by atoms with Crippen molar-refractivity contribution in [3.63, 3.8) is 0 Å². The summed E-state index contributed by atoms with van der Waals surface area (Å²) in [6.07, 6.45) is 7.79. The van der Waals surface area contributed by atoms with Crippen LogP contribution in [0.15, 0.2) is 40.4 Å². The Morgan fingerprint density at radius 1 is 1.30 bits per heavy atom. The molecule has 7 nitrogen and oxygen atoms in total. The molecule has 0 spiro atoms. The summed E-state index contributed by atoms with van der Waals surface area (Å²) in [4.78, 5) is 6.39. The summed E-state index contributed by atoms with van der Waals surface area (Å²) in [5, 5.41) is 0.00537. The van der Waals surface area contributed by atoms with E-state index in [1.807, 2.05) is 18.7 Å². The second-order valence-electron chi connectivity index (χ2n) is 6.03. The summed E-state index contributed by atoms with van der Waals surface area (Å²) < 4.78 is 32.9. The molecular weight excluding hydrogens is 316 g/mol. The molecular formula is C15H22N4O3S. The Kier molecular flexibility index (Phi) is 4.56. The SMILES string of the molecule is CN(C)S(=O)(=O)c1ccc(CN2CCC(n3ccnc3)CC2)o1. The molecule has 0 amide bonds. The van der Waals surface area contributed by atoms with E-state index in [1.165, 1.54) is 20.2 Å². The molecule has 0 bridgehead atoms. The van der Waals surface area contributed by atoms with Crippen LogP contribution in [0, 0.1) is 0 Å². The van der Waals surface area contributed by atoms with Gasteiger partial charge in [-0.1, -0.05) is 0 Å². The molecule has 0 aromatic carbocycles. The van der Waals surface area contributed by atoms with Crippen molar-refractivity contribution in [2.45, 2.75) is 30.5 Å². The van der Waals surface area contributed by atoms with Crippen molar-refractivity contribution >= 4 is 10.0 Å². The summed E-state index contributed by atoms with van der Waals surface area (Å²) in [7, 11) is -0.501. The number of imidazole rings is 1. The number of piperidine rings is 1. The van der Waals surface area contributed by atoms with Crippen LogP contribution in [-0.2, 0) is 16.6 Å². The predicted octanol–water partition coefficient (Wildman–Crippen LogP) is 1.56. The second-order valence-corrected chi connectivity index (χ2v) is 8.11. The fourth-order valence-electron chi connectivity index (χ4n) is 2.84. The number of nitrogens with zero attached hydrogens (tertiary/aromatic N) is 4. The zero-order valence-electron chi connectivity index (χ0n) is 13.4. The topological polar surface area (TPSA) is 71.6 Å². The van der Waals surface area contributed by atoms with Crippen LogP contribution in [-0.4, -0.2) is 54.4 Å². The highest BCUT2D eigenvalue weighted by Gasteiger charge is 2.24. The van der Waals surface area contributed by atoms with Gasteiger partial charge in [0.05, 0.1) is 12.9 Å². The second kappa shape index (κ2) is 6.46. The maximum atomic E-state index is 12.0. The molecule has 2 aromatic rings. The number of aromatic nitrogens is 2. The Hall–Kier alpha value is -1.64. The number of rotatable bonds is 5. The van der Waals surface area contributed by atoms with E-state index < -0.39 is 10.0 Å². The first-order chi connectivity index (χ1) is 11.0. The summed E-state index contributed by atoms with van der Waals surface area (Å²) in [6, 6.07) is 3.77. The van der Waals surface area contributed by atoms with E-state index in [4.69, 9.17) is 4.42 Å². The van der Waals surface area contributed by atoms with Crippen LogP contribution in [0.5, 0.6) is 0 Å². The van der Waals surface area contributed by atoms with Crippen molar-refractivity contribution in [3.05, 3.63) is 36.6 Å². The Balaban J connectivity index is 1.58. The van der Waals surface area contributed by atoms with Gasteiger partial charge in [-0.25, -0.2) is 17.7 Å². The van der Waals surface area contributed by atoms with Crippen molar-refractivity contribution < 1.29 is 12.8 Å². The van der Waals surface area contributed by atoms with Gasteiger partial charge in [0.25, 0.3) is 10.0 Å². The van der Waals surface area contributed by atoms with Crippen LogP contribution in [0.4, 0.5) is 0 Å². The van der Waals surface area contributed by atoms with Crippen LogP contribution in [0.3, 0.4) is 0 Å². The number of sulfonamides is 1. The number of furan rings is 1. The fourth-order valence-corrected chi connectivity index (χ4v) is 3.66. The highest BCUT2D eigenvalue weighted by Crippen LogP contribution is 2.24. The molecule has 0 radical (unpaired) electrons. The van der Waals surface area contributed by atoms with Gasteiger partial charge in [-0.15, -0.1) is 0 Å². The molecule has 1 saturated heterocycles. The molecule has 8 heteroatoms. The van der Waals surface area contributed by atoms with Gasteiger partial charge in [0.15, 0.2) is 0 Å². The molecule has 0 atom stereocenters. The van der Waals surface area contributed by atoms with Gasteiger partial charge in [0, 0.05) is 45.6 Å². The third-order valence-corrected chi connectivity index (χ3v) is 5.94. The average molecular weight is 338 g/mol. The van der Waals surface area contributed by atoms with Gasteiger partial charge in [0.2, 0.25) is 5.09 Å². The Labute approximate surface area is 136 Å². The molecule has 23 heavy (non-hydrogen) atoms. The first kappa shape index (κ1) is 16.2. The third kappa shape index (κ3) is 3.49. The minimum absolute atomic E-state index is 0.00537. The van der Waals surface area contributed by atoms with Gasteiger partial charge in [-0.05, 0) is 25.0 Å². The van der Waals surface area contributed by atoms with E-state index in [9.17, 15) is 8.42 Å². The maximum absolute atomic E-state index is 12.0. The smallest absolute Gasteiger partial charge is 0.275 e. The van der Waals surface area contributed by atoms with E-state index >= 15 is 0 Å². The lowest BCUT2D eigenvalue weighted by atomic mass is 10.0. The summed E-state index contributed by atoms with van der Waals surface area (Å²) >= 11 is 0. The molecule has 3 heterocycles. The Morgan fingerprint density at radius 3 is 2.65 bits per heavy atom. The number of hydrogen-bond acceptors (Lipinski definition) is 5. The number of hydrogen-bond donors (Lipinski definition) is 0. The highest BCUT2D eigenvalue weighted by atomic mass is 32.2. The van der Waals surface area contributed by atoms with E-state index in [-0.39, 0.29) is 5.09 Å². The normalized spacial score (nSPS) is 17.9. The average Bonchev–Trinajstić information content (AvgIpc) is 3.19. The fraction of sp³-hybridized carbons (Fsp3) is 0.533. The molecule has 1 aliphatic heterocycles. The lowest BCUT2D eigenvalue weighted by Gasteiger charge is -2.31. The van der Waals surface area contributed by atoms with Crippen molar-refractivity contribution in [1.82, 2.24) is 18.8 Å². The van der Waals surface area contributed by atoms with Gasteiger partial charge in [-0.3, -0.25) is 4.90 Å². The third-order valence-electron chi connectivity index (χ3n) is 4.25. The van der Waals surface area contributed by atoms with Gasteiger partial charge in [0.1, 0.15) is 5.76 Å². The van der Waals surface area contributed by atoms with Gasteiger partial charge >= 0.3 is 0 Å². The Morgan fingerprint density at radius 2 is 2.04 bits per heavy atom. The zero-order valence-corrected chi connectivity index (χ0v) is 14.2. The van der Waals surface area contributed by atoms with Crippen LogP contribution in [0.2, 0.25) is 0 Å². The lowest BCUT2D eigenvalue weighted by molar-refractivity contribution is 0.165. The van der Waals surface area contributed by atoms with Crippen LogP contribution >= 0.6 is 0 Å². The van der Waals surface area contributed by atoms with Crippen molar-refractivity contribution in [2.75, 3.05) is 27.2 Å². The van der Waals surface area contributed by atoms with Crippen LogP contribution in [0.25, 0.3) is 0 Å². The van der Waals surface area contributed by atoms with E-state index in [0.717, 1.165) is 30.2 Å². The predicted molar refractivity (Wildman–Crippen MR) is 85.4 cm³/mol. The van der Waals surface area contributed by atoms with Gasteiger partial charge < -0.3 is 8.98 Å². The number of likely N-dealkylation sites (tertiary alicyclic amines) is 1. The van der Waals surface area contributed by atoms with Gasteiger partial charge in [-0.2, -0.15) is 0 Å². The standard InChI is InChI=1S/C15H22N4O3S/c1-17(2)23(20,21)15-4-3-14(22-15)11-18-8-5-13(6-9-18)19-10-7-16-12-19/h3-4,7,10,12-13H,5-6,8-9,11H2,1-2H3. The zero-order chi connectivity index (χ0) is 16.4. The molecule has 0 aliphatic carbocycles. The van der Waals surface area contributed by atoms with Crippen molar-refractivity contribution in [2.24, 2.45) is 0 Å². The quantitative estimate of drug-likeness (QED) is 0.827. The molecule has 1 fully saturated rings. The molecule has 3 rings (SSSR count). The largest absolute Gasteiger partial charge is 0.447 e. The Bertz CT molecular complexity index is 729. The molecule has 0 unspecified atom stereocenters. The minimum Gasteiger partial charge on any atom is -0.447 e.